The summed E-state index contributed by atoms with van der Waals surface area (Å²) in [4.78, 5) is 40.9. The van der Waals surface area contributed by atoms with Crippen molar-refractivity contribution in [2.45, 2.75) is 71.6 Å². The Morgan fingerprint density at radius 3 is 2.32 bits per heavy atom. The van der Waals surface area contributed by atoms with Gasteiger partial charge in [-0.25, -0.2) is 4.79 Å². The quantitative estimate of drug-likeness (QED) is 0.341. The van der Waals surface area contributed by atoms with Gasteiger partial charge in [-0.2, -0.15) is 11.8 Å². The molecule has 0 heterocycles. The SMILES string of the molecule is C#Cc1ccc(C(C(=O)NCCCC)N(CC)C(=O)C(CCSC)NC(=O)OC(C)(C)C)cc1. The van der Waals surface area contributed by atoms with E-state index < -0.39 is 23.8 Å². The lowest BCUT2D eigenvalue weighted by Gasteiger charge is -2.33. The fourth-order valence-electron chi connectivity index (χ4n) is 3.33. The molecule has 1 aromatic carbocycles. The highest BCUT2D eigenvalue weighted by atomic mass is 32.2. The van der Waals surface area contributed by atoms with Gasteiger partial charge in [0, 0.05) is 18.7 Å². The number of thioether (sulfide) groups is 1. The number of nitrogens with zero attached hydrogens (tertiary/aromatic N) is 1. The van der Waals surface area contributed by atoms with Crippen molar-refractivity contribution in [3.8, 4) is 12.3 Å². The number of unbranched alkanes of at least 4 members (excludes halogenated alkanes) is 1. The van der Waals surface area contributed by atoms with Gasteiger partial charge in [-0.1, -0.05) is 31.4 Å². The molecule has 0 saturated carbocycles. The van der Waals surface area contributed by atoms with Crippen LogP contribution in [0.2, 0.25) is 0 Å². The molecule has 2 N–H and O–H groups in total. The van der Waals surface area contributed by atoms with Crippen LogP contribution in [-0.2, 0) is 14.3 Å². The van der Waals surface area contributed by atoms with Crippen LogP contribution in [0.5, 0.6) is 0 Å². The minimum Gasteiger partial charge on any atom is -0.444 e. The van der Waals surface area contributed by atoms with Crippen LogP contribution in [0.25, 0.3) is 0 Å². The Labute approximate surface area is 208 Å². The third-order valence-electron chi connectivity index (χ3n) is 5.01. The number of amides is 3. The Bertz CT molecular complexity index is 843. The van der Waals surface area contributed by atoms with E-state index in [1.54, 1.807) is 56.8 Å². The number of ether oxygens (including phenoxy) is 1. The molecule has 0 saturated heterocycles. The molecule has 8 heteroatoms. The third kappa shape index (κ3) is 9.68. The van der Waals surface area contributed by atoms with Crippen molar-refractivity contribution in [3.63, 3.8) is 0 Å². The lowest BCUT2D eigenvalue weighted by molar-refractivity contribution is -0.142. The average molecular weight is 490 g/mol. The van der Waals surface area contributed by atoms with E-state index in [1.807, 2.05) is 20.1 Å². The highest BCUT2D eigenvalue weighted by Crippen LogP contribution is 2.24. The van der Waals surface area contributed by atoms with Crippen LogP contribution in [0.15, 0.2) is 24.3 Å². The van der Waals surface area contributed by atoms with Gasteiger partial charge in [-0.15, -0.1) is 6.42 Å². The van der Waals surface area contributed by atoms with Crippen LogP contribution >= 0.6 is 11.8 Å². The van der Waals surface area contributed by atoms with Gasteiger partial charge in [0.1, 0.15) is 17.7 Å². The van der Waals surface area contributed by atoms with Gasteiger partial charge < -0.3 is 20.3 Å². The van der Waals surface area contributed by atoms with E-state index in [0.717, 1.165) is 12.8 Å². The molecule has 34 heavy (non-hydrogen) atoms. The molecule has 1 rings (SSSR count). The van der Waals surface area contributed by atoms with E-state index >= 15 is 0 Å². The van der Waals surface area contributed by atoms with E-state index in [9.17, 15) is 14.4 Å². The zero-order chi connectivity index (χ0) is 25.7. The Balaban J connectivity index is 3.29. The van der Waals surface area contributed by atoms with Gasteiger partial charge in [-0.05, 0) is 70.2 Å². The molecule has 3 amide bonds. The van der Waals surface area contributed by atoms with Gasteiger partial charge in [-0.3, -0.25) is 9.59 Å². The molecule has 2 unspecified atom stereocenters. The molecule has 0 radical (unpaired) electrons. The van der Waals surface area contributed by atoms with Crippen molar-refractivity contribution in [1.82, 2.24) is 15.5 Å². The summed E-state index contributed by atoms with van der Waals surface area (Å²) < 4.78 is 5.37. The topological polar surface area (TPSA) is 87.7 Å². The van der Waals surface area contributed by atoms with Crippen molar-refractivity contribution >= 4 is 29.7 Å². The first-order chi connectivity index (χ1) is 16.1. The number of likely N-dealkylation sites (N-methyl/N-ethyl adjacent to an activating group) is 1. The van der Waals surface area contributed by atoms with Gasteiger partial charge in [0.2, 0.25) is 11.8 Å². The Morgan fingerprint density at radius 2 is 1.82 bits per heavy atom. The second-order valence-corrected chi connectivity index (χ2v) is 9.90. The van der Waals surface area contributed by atoms with E-state index in [0.29, 0.717) is 29.8 Å². The molecular formula is C26H39N3O4S. The molecule has 0 aliphatic heterocycles. The number of nitrogens with one attached hydrogen (secondary N) is 2. The molecule has 7 nitrogen and oxygen atoms in total. The number of hydrogen-bond acceptors (Lipinski definition) is 5. The summed E-state index contributed by atoms with van der Waals surface area (Å²) in [5, 5.41) is 5.66. The smallest absolute Gasteiger partial charge is 0.408 e. The largest absolute Gasteiger partial charge is 0.444 e. The Morgan fingerprint density at radius 1 is 1.18 bits per heavy atom. The van der Waals surface area contributed by atoms with Crippen LogP contribution in [0, 0.1) is 12.3 Å². The Hall–Kier alpha value is -2.66. The number of rotatable bonds is 12. The number of terminal acetylenes is 1. The van der Waals surface area contributed by atoms with E-state index in [4.69, 9.17) is 11.2 Å². The summed E-state index contributed by atoms with van der Waals surface area (Å²) in [5.74, 6) is 2.63. The summed E-state index contributed by atoms with van der Waals surface area (Å²) >= 11 is 1.57. The minimum atomic E-state index is -0.849. The van der Waals surface area contributed by atoms with E-state index in [2.05, 4.69) is 16.6 Å². The van der Waals surface area contributed by atoms with Crippen LogP contribution in [0.4, 0.5) is 4.79 Å². The standard InChI is InChI=1S/C26H39N3O4S/c1-8-11-17-27-23(30)22(20-14-12-19(9-2)13-15-20)29(10-3)24(31)21(16-18-34-7)28-25(32)33-26(4,5)6/h2,12-15,21-22H,8,10-11,16-18H2,1,3-7H3,(H,27,30)(H,28,32). The molecule has 0 fully saturated rings. The molecule has 2 atom stereocenters. The summed E-state index contributed by atoms with van der Waals surface area (Å²) in [5.41, 5.74) is 0.652. The molecule has 188 valence electrons. The summed E-state index contributed by atoms with van der Waals surface area (Å²) in [7, 11) is 0. The van der Waals surface area contributed by atoms with Crippen molar-refractivity contribution in [2.75, 3.05) is 25.1 Å². The first-order valence-electron chi connectivity index (χ1n) is 11.7. The maximum Gasteiger partial charge on any atom is 0.408 e. The van der Waals surface area contributed by atoms with Crippen molar-refractivity contribution in [3.05, 3.63) is 35.4 Å². The highest BCUT2D eigenvalue weighted by molar-refractivity contribution is 7.98. The summed E-state index contributed by atoms with van der Waals surface area (Å²) in [6, 6.07) is 5.38. The first-order valence-corrected chi connectivity index (χ1v) is 13.1. The third-order valence-corrected chi connectivity index (χ3v) is 5.65. The van der Waals surface area contributed by atoms with Gasteiger partial charge in [0.05, 0.1) is 0 Å². The number of benzene rings is 1. The molecule has 0 aliphatic carbocycles. The second-order valence-electron chi connectivity index (χ2n) is 8.92. The fraction of sp³-hybridized carbons (Fsp3) is 0.577. The van der Waals surface area contributed by atoms with Crippen LogP contribution in [-0.4, -0.2) is 59.5 Å². The monoisotopic (exact) mass is 489 g/mol. The lowest BCUT2D eigenvalue weighted by Crippen LogP contribution is -2.53. The molecule has 1 aromatic rings. The maximum absolute atomic E-state index is 13.7. The lowest BCUT2D eigenvalue weighted by atomic mass is 10.0. The van der Waals surface area contributed by atoms with E-state index in [-0.39, 0.29) is 18.4 Å². The summed E-state index contributed by atoms with van der Waals surface area (Å²) in [6.45, 7) is 9.96. The van der Waals surface area contributed by atoms with Crippen molar-refractivity contribution in [1.29, 1.82) is 0 Å². The summed E-state index contributed by atoms with van der Waals surface area (Å²) in [6.07, 6.45) is 8.94. The van der Waals surface area contributed by atoms with Crippen LogP contribution in [0.3, 0.4) is 0 Å². The van der Waals surface area contributed by atoms with Gasteiger partial charge in [0.25, 0.3) is 0 Å². The number of hydrogen-bond donors (Lipinski definition) is 2. The Kier molecular flexibility index (Phi) is 12.6. The number of alkyl carbamates (subject to hydrolysis) is 1. The van der Waals surface area contributed by atoms with Crippen LogP contribution < -0.4 is 10.6 Å². The second kappa shape index (κ2) is 14.6. The van der Waals surface area contributed by atoms with Crippen LogP contribution in [0.1, 0.15) is 71.0 Å². The minimum absolute atomic E-state index is 0.266. The maximum atomic E-state index is 13.7. The van der Waals surface area contributed by atoms with Gasteiger partial charge >= 0.3 is 6.09 Å². The molecule has 0 spiro atoms. The van der Waals surface area contributed by atoms with Gasteiger partial charge in [0.15, 0.2) is 0 Å². The highest BCUT2D eigenvalue weighted by Gasteiger charge is 2.35. The average Bonchev–Trinajstić information content (AvgIpc) is 2.78. The first kappa shape index (κ1) is 29.4. The molecule has 0 aromatic heterocycles. The molecule has 0 aliphatic rings. The molecule has 0 bridgehead atoms. The zero-order valence-corrected chi connectivity index (χ0v) is 22.1. The number of carbonyl (C=O) groups is 3. The predicted molar refractivity (Wildman–Crippen MR) is 139 cm³/mol. The fourth-order valence-corrected chi connectivity index (χ4v) is 3.80. The van der Waals surface area contributed by atoms with Crippen molar-refractivity contribution in [2.24, 2.45) is 0 Å². The van der Waals surface area contributed by atoms with E-state index in [1.165, 1.54) is 4.90 Å². The molecular weight excluding hydrogens is 450 g/mol. The van der Waals surface area contributed by atoms with Crippen molar-refractivity contribution < 1.29 is 19.1 Å². The normalized spacial score (nSPS) is 12.7. The zero-order valence-electron chi connectivity index (χ0n) is 21.3. The predicted octanol–water partition coefficient (Wildman–Crippen LogP) is 4.12. The number of carbonyl (C=O) groups excluding carboxylic acids is 3.